The van der Waals surface area contributed by atoms with Gasteiger partial charge in [0.1, 0.15) is 11.3 Å². The van der Waals surface area contributed by atoms with E-state index in [1.54, 1.807) is 20.8 Å². The molecule has 14 heavy (non-hydrogen) atoms. The number of hydrogen-bond acceptors (Lipinski definition) is 3. The standard InChI is InChI=1S/C10H12N2O2/c1-5-10(3,4)12-9(13)8-6-11-14-7(8)2/h1,6H,2-4H3,(H,12,13). The van der Waals surface area contributed by atoms with Crippen molar-refractivity contribution in [1.82, 2.24) is 10.5 Å². The molecule has 0 unspecified atom stereocenters. The van der Waals surface area contributed by atoms with Gasteiger partial charge in [0.05, 0.1) is 11.7 Å². The van der Waals surface area contributed by atoms with Crippen LogP contribution in [-0.4, -0.2) is 16.6 Å². The van der Waals surface area contributed by atoms with Crippen molar-refractivity contribution in [3.8, 4) is 12.3 Å². The molecule has 0 atom stereocenters. The molecule has 0 aromatic carbocycles. The van der Waals surface area contributed by atoms with E-state index in [0.29, 0.717) is 11.3 Å². The van der Waals surface area contributed by atoms with E-state index in [4.69, 9.17) is 10.9 Å². The quantitative estimate of drug-likeness (QED) is 0.714. The average Bonchev–Trinajstić information content (AvgIpc) is 2.51. The van der Waals surface area contributed by atoms with Gasteiger partial charge in [0.15, 0.2) is 0 Å². The minimum atomic E-state index is -0.666. The molecule has 0 aliphatic carbocycles. The van der Waals surface area contributed by atoms with E-state index in [2.05, 4.69) is 16.4 Å². The molecular weight excluding hydrogens is 180 g/mol. The lowest BCUT2D eigenvalue weighted by molar-refractivity contribution is 0.0928. The summed E-state index contributed by atoms with van der Waals surface area (Å²) >= 11 is 0. The van der Waals surface area contributed by atoms with Crippen LogP contribution in [0.15, 0.2) is 10.7 Å². The van der Waals surface area contributed by atoms with Gasteiger partial charge in [-0.25, -0.2) is 0 Å². The first-order valence-corrected chi connectivity index (χ1v) is 4.18. The van der Waals surface area contributed by atoms with Crippen molar-refractivity contribution in [3.63, 3.8) is 0 Å². The van der Waals surface area contributed by atoms with Crippen molar-refractivity contribution < 1.29 is 9.32 Å². The summed E-state index contributed by atoms with van der Waals surface area (Å²) in [5, 5.41) is 6.19. The maximum atomic E-state index is 11.6. The summed E-state index contributed by atoms with van der Waals surface area (Å²) in [6.07, 6.45) is 6.61. The Morgan fingerprint density at radius 2 is 2.36 bits per heavy atom. The van der Waals surface area contributed by atoms with Crippen LogP contribution < -0.4 is 5.32 Å². The van der Waals surface area contributed by atoms with Gasteiger partial charge >= 0.3 is 0 Å². The normalized spacial score (nSPS) is 10.7. The molecule has 4 heteroatoms. The molecule has 1 amide bonds. The van der Waals surface area contributed by atoms with Crippen LogP contribution in [0.4, 0.5) is 0 Å². The Labute approximate surface area is 82.7 Å². The van der Waals surface area contributed by atoms with E-state index in [1.807, 2.05) is 0 Å². The SMILES string of the molecule is C#CC(C)(C)NC(=O)c1cnoc1C. The number of carbonyl (C=O) groups excluding carboxylic acids is 1. The second-order valence-electron chi connectivity index (χ2n) is 3.52. The van der Waals surface area contributed by atoms with Gasteiger partial charge in [-0.05, 0) is 20.8 Å². The van der Waals surface area contributed by atoms with Gasteiger partial charge in [-0.1, -0.05) is 11.1 Å². The van der Waals surface area contributed by atoms with Crippen molar-refractivity contribution >= 4 is 5.91 Å². The maximum Gasteiger partial charge on any atom is 0.257 e. The van der Waals surface area contributed by atoms with Gasteiger partial charge in [0.2, 0.25) is 0 Å². The molecule has 0 saturated carbocycles. The van der Waals surface area contributed by atoms with Crippen molar-refractivity contribution in [2.75, 3.05) is 0 Å². The predicted molar refractivity (Wildman–Crippen MR) is 51.6 cm³/mol. The molecular formula is C10H12N2O2. The first-order chi connectivity index (χ1) is 6.46. The van der Waals surface area contributed by atoms with E-state index >= 15 is 0 Å². The first-order valence-electron chi connectivity index (χ1n) is 4.18. The molecule has 0 spiro atoms. The van der Waals surface area contributed by atoms with E-state index < -0.39 is 5.54 Å². The topological polar surface area (TPSA) is 55.1 Å². The number of hydrogen-bond donors (Lipinski definition) is 1. The second kappa shape index (κ2) is 3.54. The van der Waals surface area contributed by atoms with E-state index in [9.17, 15) is 4.79 Å². The van der Waals surface area contributed by atoms with Gasteiger partial charge in [-0.3, -0.25) is 4.79 Å². The number of amides is 1. The van der Waals surface area contributed by atoms with Crippen LogP contribution in [0.25, 0.3) is 0 Å². The number of carbonyl (C=O) groups is 1. The van der Waals surface area contributed by atoms with Gasteiger partial charge in [0, 0.05) is 0 Å². The number of aromatic nitrogens is 1. The summed E-state index contributed by atoms with van der Waals surface area (Å²) in [5.74, 6) is 2.68. The summed E-state index contributed by atoms with van der Waals surface area (Å²) in [7, 11) is 0. The van der Waals surface area contributed by atoms with Crippen LogP contribution in [0.1, 0.15) is 30.0 Å². The van der Waals surface area contributed by atoms with Crippen molar-refractivity contribution in [1.29, 1.82) is 0 Å². The fourth-order valence-electron chi connectivity index (χ4n) is 0.904. The number of aryl methyl sites for hydroxylation is 1. The summed E-state index contributed by atoms with van der Waals surface area (Å²) < 4.78 is 4.77. The van der Waals surface area contributed by atoms with Gasteiger partial charge in [0.25, 0.3) is 5.91 Å². The average molecular weight is 192 g/mol. The number of terminal acetylenes is 1. The van der Waals surface area contributed by atoms with Crippen molar-refractivity contribution in [2.24, 2.45) is 0 Å². The Morgan fingerprint density at radius 1 is 1.71 bits per heavy atom. The monoisotopic (exact) mass is 192 g/mol. The third kappa shape index (κ3) is 2.13. The molecule has 0 bridgehead atoms. The molecule has 0 fully saturated rings. The van der Waals surface area contributed by atoms with Crippen LogP contribution in [0.5, 0.6) is 0 Å². The molecule has 1 aromatic rings. The minimum Gasteiger partial charge on any atom is -0.361 e. The lowest BCUT2D eigenvalue weighted by atomic mass is 10.1. The summed E-state index contributed by atoms with van der Waals surface area (Å²) in [4.78, 5) is 11.6. The summed E-state index contributed by atoms with van der Waals surface area (Å²) in [5.41, 5.74) is -0.255. The third-order valence-electron chi connectivity index (χ3n) is 1.78. The molecule has 0 saturated heterocycles. The zero-order valence-corrected chi connectivity index (χ0v) is 8.42. The molecule has 1 aromatic heterocycles. The smallest absolute Gasteiger partial charge is 0.257 e. The number of nitrogens with one attached hydrogen (secondary N) is 1. The van der Waals surface area contributed by atoms with Gasteiger partial charge in [-0.2, -0.15) is 0 Å². The second-order valence-corrected chi connectivity index (χ2v) is 3.52. The molecule has 0 aliphatic rings. The Hall–Kier alpha value is -1.76. The lowest BCUT2D eigenvalue weighted by Crippen LogP contribution is -2.42. The molecule has 4 nitrogen and oxygen atoms in total. The Balaban J connectivity index is 2.80. The fourth-order valence-corrected chi connectivity index (χ4v) is 0.904. The van der Waals surface area contributed by atoms with Crippen molar-refractivity contribution in [3.05, 3.63) is 17.5 Å². The Morgan fingerprint density at radius 3 is 2.79 bits per heavy atom. The van der Waals surface area contributed by atoms with Crippen LogP contribution >= 0.6 is 0 Å². The summed E-state index contributed by atoms with van der Waals surface area (Å²) in [6, 6.07) is 0. The van der Waals surface area contributed by atoms with Crippen LogP contribution in [0.2, 0.25) is 0 Å². The zero-order valence-electron chi connectivity index (χ0n) is 8.42. The van der Waals surface area contributed by atoms with Crippen LogP contribution in [0, 0.1) is 19.3 Å². The molecule has 1 rings (SSSR count). The molecule has 74 valence electrons. The van der Waals surface area contributed by atoms with Gasteiger partial charge in [-0.15, -0.1) is 6.42 Å². The number of rotatable bonds is 2. The highest BCUT2D eigenvalue weighted by atomic mass is 16.5. The fraction of sp³-hybridized carbons (Fsp3) is 0.400. The van der Waals surface area contributed by atoms with Crippen LogP contribution in [0.3, 0.4) is 0 Å². The lowest BCUT2D eigenvalue weighted by Gasteiger charge is -2.18. The third-order valence-corrected chi connectivity index (χ3v) is 1.78. The van der Waals surface area contributed by atoms with Gasteiger partial charge < -0.3 is 9.84 Å². The maximum absolute atomic E-state index is 11.6. The highest BCUT2D eigenvalue weighted by Gasteiger charge is 2.20. The zero-order chi connectivity index (χ0) is 10.8. The molecule has 1 N–H and O–H groups in total. The Kier molecular flexibility index (Phi) is 2.61. The molecule has 0 aliphatic heterocycles. The summed E-state index contributed by atoms with van der Waals surface area (Å²) in [6.45, 7) is 5.16. The van der Waals surface area contributed by atoms with Crippen molar-refractivity contribution in [2.45, 2.75) is 26.3 Å². The first kappa shape index (κ1) is 10.3. The van der Waals surface area contributed by atoms with E-state index in [1.165, 1.54) is 6.20 Å². The molecule has 1 heterocycles. The number of nitrogens with zero attached hydrogens (tertiary/aromatic N) is 1. The molecule has 0 radical (unpaired) electrons. The Bertz CT molecular complexity index is 385. The highest BCUT2D eigenvalue weighted by molar-refractivity contribution is 5.95. The predicted octanol–water partition coefficient (Wildman–Crippen LogP) is 1.12. The van der Waals surface area contributed by atoms with E-state index in [-0.39, 0.29) is 5.91 Å². The minimum absolute atomic E-state index is 0.272. The highest BCUT2D eigenvalue weighted by Crippen LogP contribution is 2.08. The largest absolute Gasteiger partial charge is 0.361 e. The van der Waals surface area contributed by atoms with Crippen LogP contribution in [-0.2, 0) is 0 Å². The van der Waals surface area contributed by atoms with E-state index in [0.717, 1.165) is 0 Å².